The Hall–Kier alpha value is -2.35. The van der Waals surface area contributed by atoms with Crippen molar-refractivity contribution in [3.8, 4) is 0 Å². The maximum absolute atomic E-state index is 12.4. The molecule has 0 saturated carbocycles. The molecular weight excluding hydrogens is 314 g/mol. The van der Waals surface area contributed by atoms with Gasteiger partial charge in [-0.3, -0.25) is 14.9 Å². The molecule has 0 spiro atoms. The largest absolute Gasteiger partial charge is 0.465 e. The van der Waals surface area contributed by atoms with Crippen molar-refractivity contribution in [2.45, 2.75) is 18.9 Å². The molecule has 1 saturated heterocycles. The first-order chi connectivity index (χ1) is 10.4. The normalized spacial score (nSPS) is 17.9. The third-order valence-electron chi connectivity index (χ3n) is 3.43. The van der Waals surface area contributed by atoms with Crippen molar-refractivity contribution in [3.05, 3.63) is 38.9 Å². The van der Waals surface area contributed by atoms with Gasteiger partial charge in [0, 0.05) is 30.8 Å². The van der Waals surface area contributed by atoms with E-state index in [9.17, 15) is 19.7 Å². The van der Waals surface area contributed by atoms with Gasteiger partial charge in [-0.2, -0.15) is 0 Å². The number of halogens is 1. The number of hydrogen-bond acceptors (Lipinski definition) is 4. The van der Waals surface area contributed by atoms with Crippen LogP contribution >= 0.6 is 11.6 Å². The molecular formula is C13H14ClN3O5. The number of amides is 2. The first-order valence-corrected chi connectivity index (χ1v) is 6.99. The Balaban J connectivity index is 2.15. The Kier molecular flexibility index (Phi) is 4.81. The van der Waals surface area contributed by atoms with E-state index in [2.05, 4.69) is 5.32 Å². The fourth-order valence-electron chi connectivity index (χ4n) is 2.42. The Morgan fingerprint density at radius 2 is 2.18 bits per heavy atom. The van der Waals surface area contributed by atoms with Crippen LogP contribution in [0.5, 0.6) is 0 Å². The molecule has 2 rings (SSSR count). The number of nitro groups is 1. The zero-order valence-corrected chi connectivity index (χ0v) is 12.2. The molecule has 2 N–H and O–H groups in total. The van der Waals surface area contributed by atoms with Gasteiger partial charge in [-0.25, -0.2) is 4.79 Å². The highest BCUT2D eigenvalue weighted by Crippen LogP contribution is 2.26. The van der Waals surface area contributed by atoms with Crippen LogP contribution in [0.2, 0.25) is 5.02 Å². The minimum absolute atomic E-state index is 0.0365. The number of hydrogen-bond donors (Lipinski definition) is 2. The van der Waals surface area contributed by atoms with Crippen LogP contribution in [0.4, 0.5) is 10.5 Å². The Labute approximate surface area is 130 Å². The van der Waals surface area contributed by atoms with Crippen LogP contribution in [0.15, 0.2) is 18.2 Å². The van der Waals surface area contributed by atoms with Crippen molar-refractivity contribution in [2.24, 2.45) is 0 Å². The van der Waals surface area contributed by atoms with Gasteiger partial charge in [-0.1, -0.05) is 11.6 Å². The topological polar surface area (TPSA) is 113 Å². The van der Waals surface area contributed by atoms with Crippen LogP contribution in [0.25, 0.3) is 0 Å². The second kappa shape index (κ2) is 6.61. The number of benzene rings is 1. The fraction of sp³-hybridized carbons (Fsp3) is 0.385. The van der Waals surface area contributed by atoms with E-state index < -0.39 is 11.0 Å². The molecule has 1 aromatic rings. The maximum atomic E-state index is 12.4. The molecule has 22 heavy (non-hydrogen) atoms. The highest BCUT2D eigenvalue weighted by atomic mass is 35.5. The number of nitro benzene ring substituents is 1. The smallest absolute Gasteiger partial charge is 0.404 e. The quantitative estimate of drug-likeness (QED) is 0.652. The predicted octanol–water partition coefficient (Wildman–Crippen LogP) is 2.12. The first-order valence-electron chi connectivity index (χ1n) is 6.61. The predicted molar refractivity (Wildman–Crippen MR) is 78.2 cm³/mol. The minimum Gasteiger partial charge on any atom is -0.465 e. The van der Waals surface area contributed by atoms with E-state index >= 15 is 0 Å². The summed E-state index contributed by atoms with van der Waals surface area (Å²) in [5.41, 5.74) is -0.170. The molecule has 1 aliphatic rings. The number of nitrogens with zero attached hydrogens (tertiary/aromatic N) is 2. The zero-order chi connectivity index (χ0) is 16.3. The van der Waals surface area contributed by atoms with E-state index in [0.29, 0.717) is 19.4 Å². The van der Waals surface area contributed by atoms with Crippen molar-refractivity contribution in [2.75, 3.05) is 13.1 Å². The number of carbonyl (C=O) groups is 2. The van der Waals surface area contributed by atoms with Gasteiger partial charge < -0.3 is 15.3 Å². The molecule has 8 nitrogen and oxygen atoms in total. The first kappa shape index (κ1) is 16.0. The minimum atomic E-state index is -1.14. The highest BCUT2D eigenvalue weighted by molar-refractivity contribution is 6.32. The number of carboxylic acid groups (broad SMARTS) is 1. The van der Waals surface area contributed by atoms with Crippen molar-refractivity contribution in [1.82, 2.24) is 10.2 Å². The summed E-state index contributed by atoms with van der Waals surface area (Å²) < 4.78 is 0. The van der Waals surface area contributed by atoms with Crippen LogP contribution in [0.1, 0.15) is 23.2 Å². The van der Waals surface area contributed by atoms with Gasteiger partial charge in [0.1, 0.15) is 5.02 Å². The van der Waals surface area contributed by atoms with Gasteiger partial charge in [0.05, 0.1) is 4.92 Å². The van der Waals surface area contributed by atoms with Crippen LogP contribution in [0, 0.1) is 10.1 Å². The molecule has 0 radical (unpaired) electrons. The molecule has 0 bridgehead atoms. The third kappa shape index (κ3) is 3.64. The van der Waals surface area contributed by atoms with Crippen LogP contribution < -0.4 is 5.32 Å². The van der Waals surface area contributed by atoms with E-state index in [1.807, 2.05) is 0 Å². The fourth-order valence-corrected chi connectivity index (χ4v) is 2.61. The van der Waals surface area contributed by atoms with Crippen LogP contribution in [-0.2, 0) is 0 Å². The summed E-state index contributed by atoms with van der Waals surface area (Å²) in [6.45, 7) is 0.717. The number of rotatable bonds is 3. The molecule has 1 aromatic carbocycles. The van der Waals surface area contributed by atoms with Gasteiger partial charge in [-0.15, -0.1) is 0 Å². The average molecular weight is 328 g/mol. The second-order valence-electron chi connectivity index (χ2n) is 4.96. The van der Waals surface area contributed by atoms with Crippen LogP contribution in [0.3, 0.4) is 0 Å². The van der Waals surface area contributed by atoms with Gasteiger partial charge in [0.15, 0.2) is 0 Å². The molecule has 0 unspecified atom stereocenters. The molecule has 2 amide bonds. The van der Waals surface area contributed by atoms with Gasteiger partial charge in [0.2, 0.25) is 0 Å². The van der Waals surface area contributed by atoms with Crippen molar-refractivity contribution in [1.29, 1.82) is 0 Å². The maximum Gasteiger partial charge on any atom is 0.404 e. The second-order valence-corrected chi connectivity index (χ2v) is 5.37. The van der Waals surface area contributed by atoms with Crippen molar-refractivity contribution < 1.29 is 19.6 Å². The van der Waals surface area contributed by atoms with Crippen LogP contribution in [-0.4, -0.2) is 46.1 Å². The SMILES string of the molecule is O=C(O)N[C@@H]1CCCN(C(=O)c2ccc(Cl)c([N+](=O)[O-])c2)C1. The molecule has 118 valence electrons. The molecule has 1 heterocycles. The lowest BCUT2D eigenvalue weighted by molar-refractivity contribution is -0.384. The van der Waals surface area contributed by atoms with E-state index in [-0.39, 0.29) is 34.8 Å². The monoisotopic (exact) mass is 327 g/mol. The summed E-state index contributed by atoms with van der Waals surface area (Å²) >= 11 is 5.72. The highest BCUT2D eigenvalue weighted by Gasteiger charge is 2.26. The lowest BCUT2D eigenvalue weighted by Crippen LogP contribution is -2.49. The Morgan fingerprint density at radius 3 is 2.82 bits per heavy atom. The number of nitrogens with one attached hydrogen (secondary N) is 1. The van der Waals surface area contributed by atoms with E-state index in [1.54, 1.807) is 0 Å². The summed E-state index contributed by atoms with van der Waals surface area (Å²) in [4.78, 5) is 34.8. The lowest BCUT2D eigenvalue weighted by Gasteiger charge is -2.32. The average Bonchev–Trinajstić information content (AvgIpc) is 2.46. The van der Waals surface area contributed by atoms with E-state index in [1.165, 1.54) is 17.0 Å². The van der Waals surface area contributed by atoms with E-state index in [4.69, 9.17) is 16.7 Å². The van der Waals surface area contributed by atoms with Gasteiger partial charge in [0.25, 0.3) is 11.6 Å². The Bertz CT molecular complexity index is 622. The summed E-state index contributed by atoms with van der Waals surface area (Å²) in [6, 6.07) is 3.53. The number of carbonyl (C=O) groups excluding carboxylic acids is 1. The molecule has 1 atom stereocenters. The van der Waals surface area contributed by atoms with Gasteiger partial charge in [-0.05, 0) is 25.0 Å². The summed E-state index contributed by atoms with van der Waals surface area (Å²) in [5, 5.41) is 21.9. The standard InChI is InChI=1S/C13H14ClN3O5/c14-10-4-3-8(6-11(10)17(21)22)12(18)16-5-1-2-9(7-16)15-13(19)20/h3-4,6,9,15H,1-2,5,7H2,(H,19,20)/t9-/m1/s1. The van der Waals surface area contributed by atoms with Crippen molar-refractivity contribution in [3.63, 3.8) is 0 Å². The summed E-state index contributed by atoms with van der Waals surface area (Å²) in [7, 11) is 0. The zero-order valence-electron chi connectivity index (χ0n) is 11.5. The molecule has 0 aliphatic carbocycles. The molecule has 1 fully saturated rings. The molecule has 1 aliphatic heterocycles. The third-order valence-corrected chi connectivity index (χ3v) is 3.75. The van der Waals surface area contributed by atoms with E-state index in [0.717, 1.165) is 6.07 Å². The van der Waals surface area contributed by atoms with Crippen molar-refractivity contribution >= 4 is 29.3 Å². The molecule has 9 heteroatoms. The number of likely N-dealkylation sites (tertiary alicyclic amines) is 1. The summed E-state index contributed by atoms with van der Waals surface area (Å²) in [5.74, 6) is -0.378. The van der Waals surface area contributed by atoms with Gasteiger partial charge >= 0.3 is 6.09 Å². The lowest BCUT2D eigenvalue weighted by atomic mass is 10.0. The molecule has 0 aromatic heterocycles. The number of piperidine rings is 1. The summed E-state index contributed by atoms with van der Waals surface area (Å²) in [6.07, 6.45) is 0.171. The Morgan fingerprint density at radius 1 is 1.45 bits per heavy atom.